The minimum atomic E-state index is -1.14. The van der Waals surface area contributed by atoms with Crippen LogP contribution >= 0.6 is 11.6 Å². The molecule has 0 aromatic heterocycles. The van der Waals surface area contributed by atoms with Gasteiger partial charge in [-0.2, -0.15) is 0 Å². The molecule has 1 N–H and O–H groups in total. The molecular weight excluding hydrogens is 297 g/mol. The molecule has 2 unspecified atom stereocenters. The summed E-state index contributed by atoms with van der Waals surface area (Å²) in [5.74, 6) is 0.710. The van der Waals surface area contributed by atoms with Gasteiger partial charge in [0.15, 0.2) is 0 Å². The molecule has 0 aliphatic heterocycles. The van der Waals surface area contributed by atoms with Gasteiger partial charge in [0.05, 0.1) is 15.8 Å². The van der Waals surface area contributed by atoms with Crippen molar-refractivity contribution in [2.75, 3.05) is 12.3 Å². The number of rotatable bonds is 6. The molecule has 1 aliphatic carbocycles. The Bertz CT molecular complexity index is 477. The van der Waals surface area contributed by atoms with Crippen LogP contribution in [0.2, 0.25) is 5.02 Å². The van der Waals surface area contributed by atoms with E-state index in [1.165, 1.54) is 37.8 Å². The maximum absolute atomic E-state index is 13.1. The lowest BCUT2D eigenvalue weighted by molar-refractivity contribution is 0.392. The molecule has 112 valence electrons. The van der Waals surface area contributed by atoms with E-state index in [9.17, 15) is 8.60 Å². The van der Waals surface area contributed by atoms with E-state index >= 15 is 0 Å². The van der Waals surface area contributed by atoms with Crippen molar-refractivity contribution in [1.29, 1.82) is 0 Å². The van der Waals surface area contributed by atoms with Crippen LogP contribution in [0, 0.1) is 11.7 Å². The van der Waals surface area contributed by atoms with Gasteiger partial charge in [0.25, 0.3) is 0 Å². The molecule has 1 aliphatic rings. The fraction of sp³-hybridized carbons (Fsp3) is 0.600. The Morgan fingerprint density at radius 2 is 2.15 bits per heavy atom. The third-order valence-corrected chi connectivity index (χ3v) is 5.65. The quantitative estimate of drug-likeness (QED) is 0.865. The summed E-state index contributed by atoms with van der Waals surface area (Å²) in [7, 11) is -1.14. The highest BCUT2D eigenvalue weighted by Gasteiger charge is 2.26. The largest absolute Gasteiger partial charge is 0.313 e. The van der Waals surface area contributed by atoms with E-state index in [0.717, 1.165) is 6.54 Å². The van der Waals surface area contributed by atoms with Crippen LogP contribution < -0.4 is 5.32 Å². The van der Waals surface area contributed by atoms with Gasteiger partial charge < -0.3 is 5.32 Å². The van der Waals surface area contributed by atoms with Crippen LogP contribution in [0.4, 0.5) is 4.39 Å². The van der Waals surface area contributed by atoms with Crippen LogP contribution in [0.15, 0.2) is 23.1 Å². The molecule has 1 aromatic rings. The van der Waals surface area contributed by atoms with E-state index in [4.69, 9.17) is 11.6 Å². The highest BCUT2D eigenvalue weighted by molar-refractivity contribution is 7.85. The average molecular weight is 318 g/mol. The van der Waals surface area contributed by atoms with E-state index in [0.29, 0.717) is 16.6 Å². The Balaban J connectivity index is 2.05. The summed E-state index contributed by atoms with van der Waals surface area (Å²) in [6.45, 7) is 2.95. The van der Waals surface area contributed by atoms with Gasteiger partial charge in [-0.05, 0) is 43.5 Å². The predicted molar refractivity (Wildman–Crippen MR) is 82.1 cm³/mol. The normalized spacial score (nSPS) is 19.1. The zero-order valence-corrected chi connectivity index (χ0v) is 13.3. The van der Waals surface area contributed by atoms with Crippen LogP contribution in [0.3, 0.4) is 0 Å². The van der Waals surface area contributed by atoms with Gasteiger partial charge in [-0.1, -0.05) is 31.4 Å². The lowest BCUT2D eigenvalue weighted by Crippen LogP contribution is -2.39. The maximum atomic E-state index is 13.1. The average Bonchev–Trinajstić information content (AvgIpc) is 2.95. The first-order chi connectivity index (χ1) is 9.61. The summed E-state index contributed by atoms with van der Waals surface area (Å²) in [5.41, 5.74) is 0. The molecule has 0 heterocycles. The van der Waals surface area contributed by atoms with Gasteiger partial charge in [0, 0.05) is 16.7 Å². The molecule has 2 atom stereocenters. The van der Waals surface area contributed by atoms with Gasteiger partial charge in [-0.3, -0.25) is 4.21 Å². The Kier molecular flexibility index (Phi) is 6.00. The third kappa shape index (κ3) is 4.03. The highest BCUT2D eigenvalue weighted by Crippen LogP contribution is 2.29. The topological polar surface area (TPSA) is 29.1 Å². The molecule has 2 nitrogen and oxygen atoms in total. The molecule has 0 amide bonds. The molecule has 1 fully saturated rings. The highest BCUT2D eigenvalue weighted by atomic mass is 35.5. The molecule has 0 bridgehead atoms. The van der Waals surface area contributed by atoms with Crippen molar-refractivity contribution in [3.8, 4) is 0 Å². The van der Waals surface area contributed by atoms with Crippen LogP contribution in [0.5, 0.6) is 0 Å². The maximum Gasteiger partial charge on any atom is 0.141 e. The van der Waals surface area contributed by atoms with Crippen molar-refractivity contribution >= 4 is 22.4 Å². The SMILES string of the molecule is CCNC(CS(=O)c1ccc(F)c(Cl)c1)C1CCCC1. The Morgan fingerprint density at radius 1 is 1.45 bits per heavy atom. The van der Waals surface area contributed by atoms with Crippen molar-refractivity contribution < 1.29 is 8.60 Å². The zero-order valence-electron chi connectivity index (χ0n) is 11.7. The van der Waals surface area contributed by atoms with E-state index in [-0.39, 0.29) is 11.1 Å². The van der Waals surface area contributed by atoms with Crippen LogP contribution in [-0.2, 0) is 10.8 Å². The van der Waals surface area contributed by atoms with Gasteiger partial charge in [-0.15, -0.1) is 0 Å². The van der Waals surface area contributed by atoms with Crippen LogP contribution in [-0.4, -0.2) is 22.5 Å². The van der Waals surface area contributed by atoms with Crippen LogP contribution in [0.1, 0.15) is 32.6 Å². The monoisotopic (exact) mass is 317 g/mol. The molecule has 2 rings (SSSR count). The molecule has 20 heavy (non-hydrogen) atoms. The Labute approximate surface area is 127 Å². The fourth-order valence-corrected chi connectivity index (χ4v) is 4.48. The second-order valence-corrected chi connectivity index (χ2v) is 7.20. The second-order valence-electron chi connectivity index (χ2n) is 5.30. The van der Waals surface area contributed by atoms with Crippen molar-refractivity contribution in [1.82, 2.24) is 5.32 Å². The van der Waals surface area contributed by atoms with Gasteiger partial charge in [0.1, 0.15) is 5.82 Å². The molecule has 0 radical (unpaired) electrons. The molecule has 0 spiro atoms. The van der Waals surface area contributed by atoms with Crippen LogP contribution in [0.25, 0.3) is 0 Å². The molecule has 5 heteroatoms. The first-order valence-corrected chi connectivity index (χ1v) is 8.88. The molecule has 0 saturated heterocycles. The van der Waals surface area contributed by atoms with E-state index in [2.05, 4.69) is 12.2 Å². The van der Waals surface area contributed by atoms with Gasteiger partial charge in [-0.25, -0.2) is 4.39 Å². The molecule has 1 saturated carbocycles. The predicted octanol–water partition coefficient (Wildman–Crippen LogP) is 3.76. The zero-order chi connectivity index (χ0) is 14.5. The summed E-state index contributed by atoms with van der Waals surface area (Å²) >= 11 is 5.76. The van der Waals surface area contributed by atoms with Crippen molar-refractivity contribution in [2.45, 2.75) is 43.5 Å². The summed E-state index contributed by atoms with van der Waals surface area (Å²) in [5, 5.41) is 3.49. The number of nitrogens with one attached hydrogen (secondary N) is 1. The second kappa shape index (κ2) is 7.53. The van der Waals surface area contributed by atoms with E-state index in [1.54, 1.807) is 6.07 Å². The summed E-state index contributed by atoms with van der Waals surface area (Å²) in [6, 6.07) is 4.60. The standard InChI is InChI=1S/C15H21ClFNOS/c1-2-18-15(11-5-3-4-6-11)10-20(19)12-7-8-14(17)13(16)9-12/h7-9,11,15,18H,2-6,10H2,1H3. The Hall–Kier alpha value is -0.450. The number of benzene rings is 1. The van der Waals surface area contributed by atoms with Crippen molar-refractivity contribution in [3.63, 3.8) is 0 Å². The van der Waals surface area contributed by atoms with Gasteiger partial charge >= 0.3 is 0 Å². The van der Waals surface area contributed by atoms with Crippen molar-refractivity contribution in [3.05, 3.63) is 29.0 Å². The van der Waals surface area contributed by atoms with E-state index < -0.39 is 16.6 Å². The van der Waals surface area contributed by atoms with Crippen molar-refractivity contribution in [2.24, 2.45) is 5.92 Å². The number of halogens is 2. The first kappa shape index (κ1) is 15.9. The third-order valence-electron chi connectivity index (χ3n) is 3.92. The minimum Gasteiger partial charge on any atom is -0.313 e. The fourth-order valence-electron chi connectivity index (χ4n) is 2.86. The minimum absolute atomic E-state index is 0.0386. The smallest absolute Gasteiger partial charge is 0.141 e. The van der Waals surface area contributed by atoms with Gasteiger partial charge in [0.2, 0.25) is 0 Å². The Morgan fingerprint density at radius 3 is 2.75 bits per heavy atom. The summed E-state index contributed by atoms with van der Waals surface area (Å²) in [4.78, 5) is 0.609. The summed E-state index contributed by atoms with van der Waals surface area (Å²) < 4.78 is 25.6. The summed E-state index contributed by atoms with van der Waals surface area (Å²) in [6.07, 6.45) is 4.95. The number of hydrogen-bond acceptors (Lipinski definition) is 2. The first-order valence-electron chi connectivity index (χ1n) is 7.18. The lowest BCUT2D eigenvalue weighted by atomic mass is 10.00. The molecular formula is C15H21ClFNOS. The molecule has 1 aromatic carbocycles. The number of hydrogen-bond donors (Lipinski definition) is 1. The van der Waals surface area contributed by atoms with E-state index in [1.807, 2.05) is 0 Å². The lowest BCUT2D eigenvalue weighted by Gasteiger charge is -2.23.